The lowest BCUT2D eigenvalue weighted by molar-refractivity contribution is 0.181. The maximum atomic E-state index is 4.41. The molecule has 0 bridgehead atoms. The van der Waals surface area contributed by atoms with Crippen molar-refractivity contribution in [2.75, 3.05) is 0 Å². The molecule has 0 amide bonds. The highest BCUT2D eigenvalue weighted by molar-refractivity contribution is 5.06. The van der Waals surface area contributed by atoms with Crippen molar-refractivity contribution in [2.45, 2.75) is 39.4 Å². The van der Waals surface area contributed by atoms with Gasteiger partial charge in [0, 0.05) is 31.5 Å². The van der Waals surface area contributed by atoms with Crippen LogP contribution in [0.5, 0.6) is 0 Å². The van der Waals surface area contributed by atoms with Crippen LogP contribution in [0.15, 0.2) is 48.8 Å². The van der Waals surface area contributed by atoms with Crippen LogP contribution in [0, 0.1) is 0 Å². The molecule has 0 aromatic carbocycles. The number of aromatic nitrogens is 2. The van der Waals surface area contributed by atoms with Crippen LogP contribution in [0.2, 0.25) is 0 Å². The molecule has 0 aliphatic rings. The summed E-state index contributed by atoms with van der Waals surface area (Å²) in [6, 6.07) is 12.7. The van der Waals surface area contributed by atoms with E-state index < -0.39 is 0 Å². The van der Waals surface area contributed by atoms with Crippen molar-refractivity contribution in [3.8, 4) is 0 Å². The molecular weight excluding hydrogens is 234 g/mol. The Morgan fingerprint density at radius 1 is 0.947 bits per heavy atom. The average Bonchev–Trinajstić information content (AvgIpc) is 2.48. The van der Waals surface area contributed by atoms with Gasteiger partial charge in [0.05, 0.1) is 11.4 Å². The fourth-order valence-electron chi connectivity index (χ4n) is 2.03. The third-order valence-electron chi connectivity index (χ3n) is 3.40. The highest BCUT2D eigenvalue weighted by Gasteiger charge is 2.14. The van der Waals surface area contributed by atoms with Crippen molar-refractivity contribution in [2.24, 2.45) is 0 Å². The van der Waals surface area contributed by atoms with Crippen LogP contribution < -0.4 is 0 Å². The molecular formula is C16H21N3. The third kappa shape index (κ3) is 4.14. The molecule has 0 fully saturated rings. The van der Waals surface area contributed by atoms with Crippen LogP contribution in [0.3, 0.4) is 0 Å². The van der Waals surface area contributed by atoms with Gasteiger partial charge in [-0.25, -0.2) is 0 Å². The molecule has 0 radical (unpaired) electrons. The molecule has 0 N–H and O–H groups in total. The summed E-state index contributed by atoms with van der Waals surface area (Å²) in [6.45, 7) is 6.21. The van der Waals surface area contributed by atoms with Gasteiger partial charge in [-0.15, -0.1) is 0 Å². The maximum Gasteiger partial charge on any atom is 0.0544 e. The van der Waals surface area contributed by atoms with Crippen molar-refractivity contribution in [1.82, 2.24) is 14.9 Å². The number of pyridine rings is 2. The number of nitrogens with zero attached hydrogens (tertiary/aromatic N) is 3. The largest absolute Gasteiger partial charge is 0.289 e. The van der Waals surface area contributed by atoms with Crippen LogP contribution in [0.1, 0.15) is 31.7 Å². The third-order valence-corrected chi connectivity index (χ3v) is 3.40. The molecule has 2 rings (SSSR count). The summed E-state index contributed by atoms with van der Waals surface area (Å²) in [5.41, 5.74) is 2.22. The topological polar surface area (TPSA) is 29.0 Å². The molecule has 2 aromatic rings. The second-order valence-corrected chi connectivity index (χ2v) is 4.80. The van der Waals surface area contributed by atoms with Gasteiger partial charge in [-0.05, 0) is 37.6 Å². The first-order valence-corrected chi connectivity index (χ1v) is 6.83. The molecule has 0 saturated heterocycles. The van der Waals surface area contributed by atoms with Gasteiger partial charge in [0.25, 0.3) is 0 Å². The van der Waals surface area contributed by atoms with E-state index in [2.05, 4.69) is 40.8 Å². The zero-order chi connectivity index (χ0) is 13.5. The van der Waals surface area contributed by atoms with E-state index in [1.165, 1.54) is 0 Å². The molecule has 1 unspecified atom stereocenters. The summed E-state index contributed by atoms with van der Waals surface area (Å²) in [5, 5.41) is 0. The van der Waals surface area contributed by atoms with E-state index >= 15 is 0 Å². The molecule has 19 heavy (non-hydrogen) atoms. The van der Waals surface area contributed by atoms with E-state index in [0.29, 0.717) is 6.04 Å². The lowest BCUT2D eigenvalue weighted by Crippen LogP contribution is -2.32. The predicted octanol–water partition coefficient (Wildman–Crippen LogP) is 3.28. The maximum absolute atomic E-state index is 4.41. The smallest absolute Gasteiger partial charge is 0.0544 e. The van der Waals surface area contributed by atoms with E-state index in [9.17, 15) is 0 Å². The molecule has 1 atom stereocenters. The minimum atomic E-state index is 0.518. The van der Waals surface area contributed by atoms with Gasteiger partial charge < -0.3 is 0 Å². The van der Waals surface area contributed by atoms with Gasteiger partial charge in [0.1, 0.15) is 0 Å². The van der Waals surface area contributed by atoms with Gasteiger partial charge >= 0.3 is 0 Å². The Bertz CT molecular complexity index is 428. The fraction of sp³-hybridized carbons (Fsp3) is 0.375. The molecule has 0 aliphatic heterocycles. The summed E-state index contributed by atoms with van der Waals surface area (Å²) in [6.07, 6.45) is 4.83. The van der Waals surface area contributed by atoms with Crippen molar-refractivity contribution < 1.29 is 0 Å². The number of rotatable bonds is 6. The summed E-state index contributed by atoms with van der Waals surface area (Å²) in [7, 11) is 0. The zero-order valence-corrected chi connectivity index (χ0v) is 11.7. The molecule has 3 nitrogen and oxygen atoms in total. The Labute approximate surface area is 115 Å². The van der Waals surface area contributed by atoms with Gasteiger partial charge in [-0.3, -0.25) is 14.9 Å². The molecule has 2 heterocycles. The Morgan fingerprint density at radius 3 is 1.84 bits per heavy atom. The van der Waals surface area contributed by atoms with E-state index in [0.717, 1.165) is 30.9 Å². The first-order valence-electron chi connectivity index (χ1n) is 6.83. The molecule has 2 aromatic heterocycles. The highest BCUT2D eigenvalue weighted by atomic mass is 15.2. The first-order chi connectivity index (χ1) is 9.29. The number of hydrogen-bond donors (Lipinski definition) is 0. The van der Waals surface area contributed by atoms with Crippen LogP contribution in [-0.4, -0.2) is 20.9 Å². The molecule has 0 aliphatic carbocycles. The summed E-state index contributed by atoms with van der Waals surface area (Å²) in [5.74, 6) is 0. The van der Waals surface area contributed by atoms with Crippen molar-refractivity contribution >= 4 is 0 Å². The molecule has 3 heteroatoms. The fourth-order valence-corrected chi connectivity index (χ4v) is 2.03. The van der Waals surface area contributed by atoms with Gasteiger partial charge in [0.2, 0.25) is 0 Å². The summed E-state index contributed by atoms with van der Waals surface area (Å²) in [4.78, 5) is 11.3. The Kier molecular flexibility index (Phi) is 5.04. The van der Waals surface area contributed by atoms with Crippen molar-refractivity contribution in [3.05, 3.63) is 60.2 Å². The summed E-state index contributed by atoms with van der Waals surface area (Å²) >= 11 is 0. The minimum absolute atomic E-state index is 0.518. The van der Waals surface area contributed by atoms with Crippen LogP contribution in [0.25, 0.3) is 0 Å². The van der Waals surface area contributed by atoms with E-state index in [1.54, 1.807) is 0 Å². The highest BCUT2D eigenvalue weighted by Crippen LogP contribution is 2.12. The Morgan fingerprint density at radius 2 is 1.47 bits per heavy atom. The van der Waals surface area contributed by atoms with Crippen LogP contribution >= 0.6 is 0 Å². The predicted molar refractivity (Wildman–Crippen MR) is 77.5 cm³/mol. The average molecular weight is 255 g/mol. The van der Waals surface area contributed by atoms with Crippen LogP contribution in [0.4, 0.5) is 0 Å². The quantitative estimate of drug-likeness (QED) is 0.793. The normalized spacial score (nSPS) is 12.6. The van der Waals surface area contributed by atoms with Crippen LogP contribution in [-0.2, 0) is 13.1 Å². The zero-order valence-electron chi connectivity index (χ0n) is 11.7. The van der Waals surface area contributed by atoms with Gasteiger partial charge in [0.15, 0.2) is 0 Å². The van der Waals surface area contributed by atoms with E-state index in [1.807, 2.05) is 36.7 Å². The minimum Gasteiger partial charge on any atom is -0.289 e. The van der Waals surface area contributed by atoms with Gasteiger partial charge in [-0.1, -0.05) is 19.1 Å². The number of hydrogen-bond acceptors (Lipinski definition) is 3. The van der Waals surface area contributed by atoms with Crippen molar-refractivity contribution in [1.29, 1.82) is 0 Å². The van der Waals surface area contributed by atoms with E-state index in [4.69, 9.17) is 0 Å². The van der Waals surface area contributed by atoms with Gasteiger partial charge in [-0.2, -0.15) is 0 Å². The molecule has 100 valence electrons. The van der Waals surface area contributed by atoms with Crippen molar-refractivity contribution in [3.63, 3.8) is 0 Å². The Balaban J connectivity index is 2.08. The molecule has 0 spiro atoms. The molecule has 0 saturated carbocycles. The summed E-state index contributed by atoms with van der Waals surface area (Å²) < 4.78 is 0. The Hall–Kier alpha value is -1.74. The second kappa shape index (κ2) is 7.00. The first kappa shape index (κ1) is 13.7. The lowest BCUT2D eigenvalue weighted by Gasteiger charge is -2.27. The monoisotopic (exact) mass is 255 g/mol. The standard InChI is InChI=1S/C16H21N3/c1-3-14(2)19(12-15-8-4-6-10-17-15)13-16-9-5-7-11-18-16/h4-11,14H,3,12-13H2,1-2H3. The lowest BCUT2D eigenvalue weighted by atomic mass is 10.2. The van der Waals surface area contributed by atoms with E-state index in [-0.39, 0.29) is 0 Å². The SMILES string of the molecule is CCC(C)N(Cc1ccccn1)Cc1ccccn1. The second-order valence-electron chi connectivity index (χ2n) is 4.80.